The summed E-state index contributed by atoms with van der Waals surface area (Å²) < 4.78 is 0. The number of hydrogen-bond donors (Lipinski definition) is 5. The lowest BCUT2D eigenvalue weighted by atomic mass is 9.84. The third-order valence-electron chi connectivity index (χ3n) is 3.67. The second-order valence-corrected chi connectivity index (χ2v) is 5.07. The molecule has 1 radical (unpaired) electrons. The maximum atomic E-state index is 12.5. The summed E-state index contributed by atoms with van der Waals surface area (Å²) in [7, 11) is 0. The Hall–Kier alpha value is -2.06. The molecule has 2 rings (SSSR count). The first kappa shape index (κ1) is 15.3. The Balaban J connectivity index is 2.34. The largest absolute Gasteiger partial charge is 0.368 e. The number of hydrogen-bond acceptors (Lipinski definition) is 6. The van der Waals surface area contributed by atoms with Gasteiger partial charge in [0, 0.05) is 11.5 Å². The molecule has 6 N–H and O–H groups in total. The zero-order chi connectivity index (χ0) is 15.6. The smallest absolute Gasteiger partial charge is 0.242 e. The molecule has 1 amide bonds. The molecule has 0 aromatic carbocycles. The predicted octanol–water partition coefficient (Wildman–Crippen LogP) is -1.05. The van der Waals surface area contributed by atoms with Crippen molar-refractivity contribution in [3.8, 4) is 0 Å². The lowest BCUT2D eigenvalue weighted by Crippen LogP contribution is -2.43. The van der Waals surface area contributed by atoms with E-state index in [0.29, 0.717) is 12.0 Å². The van der Waals surface area contributed by atoms with Crippen LogP contribution >= 0.6 is 0 Å². The molecule has 8 heteroatoms. The molecule has 2 unspecified atom stereocenters. The minimum absolute atomic E-state index is 0.00236. The lowest BCUT2D eigenvalue weighted by Gasteiger charge is -2.26. The van der Waals surface area contributed by atoms with Crippen molar-refractivity contribution >= 4 is 23.2 Å². The quantitative estimate of drug-likeness (QED) is 0.255. The first-order valence-corrected chi connectivity index (χ1v) is 6.64. The van der Waals surface area contributed by atoms with Gasteiger partial charge < -0.3 is 11.1 Å². The van der Waals surface area contributed by atoms with Gasteiger partial charge in [-0.1, -0.05) is 0 Å². The van der Waals surface area contributed by atoms with Crippen molar-refractivity contribution in [3.63, 3.8) is 0 Å². The van der Waals surface area contributed by atoms with E-state index >= 15 is 0 Å². The number of Topliss-reactive ketones (excluding diaryl/α,β-unsaturated/α-hetero) is 1. The fourth-order valence-corrected chi connectivity index (χ4v) is 2.52. The van der Waals surface area contributed by atoms with Gasteiger partial charge in [0.1, 0.15) is 11.8 Å². The van der Waals surface area contributed by atoms with Gasteiger partial charge in [0.05, 0.1) is 6.04 Å². The number of nitrogens with two attached hydrogens (primary N) is 1. The van der Waals surface area contributed by atoms with Crippen LogP contribution in [-0.2, 0) is 9.59 Å². The van der Waals surface area contributed by atoms with E-state index in [9.17, 15) is 9.59 Å². The second kappa shape index (κ2) is 6.15. The molecular weight excluding hydrogens is 274 g/mol. The Morgan fingerprint density at radius 3 is 2.81 bits per heavy atom. The van der Waals surface area contributed by atoms with Gasteiger partial charge in [0.15, 0.2) is 11.6 Å². The molecule has 3 atom stereocenters. The SMILES string of the molecule is [CH2]C1C(C(=O)[C@@H]2CCCN2)=CC(C(=N)NO)=NC1C(N)=O. The molecule has 0 aromatic rings. The third kappa shape index (κ3) is 3.01. The van der Waals surface area contributed by atoms with Gasteiger partial charge in [-0.05, 0) is 32.4 Å². The van der Waals surface area contributed by atoms with E-state index in [1.54, 1.807) is 5.48 Å². The maximum Gasteiger partial charge on any atom is 0.242 e. The number of amidine groups is 1. The van der Waals surface area contributed by atoms with Crippen LogP contribution in [0.1, 0.15) is 12.8 Å². The number of carbonyl (C=O) groups is 2. The Morgan fingerprint density at radius 2 is 2.29 bits per heavy atom. The highest BCUT2D eigenvalue weighted by Crippen LogP contribution is 2.25. The normalized spacial score (nSPS) is 28.6. The number of primary amides is 1. The molecular formula is C13H18N5O3. The third-order valence-corrected chi connectivity index (χ3v) is 3.67. The molecule has 2 aliphatic heterocycles. The van der Waals surface area contributed by atoms with Crippen LogP contribution in [0.2, 0.25) is 0 Å². The summed E-state index contributed by atoms with van der Waals surface area (Å²) in [5, 5.41) is 19.4. The van der Waals surface area contributed by atoms with Gasteiger partial charge in [0.25, 0.3) is 0 Å². The Morgan fingerprint density at radius 1 is 1.57 bits per heavy atom. The van der Waals surface area contributed by atoms with Crippen LogP contribution in [0.3, 0.4) is 0 Å². The molecule has 2 heterocycles. The van der Waals surface area contributed by atoms with Crippen LogP contribution in [0.25, 0.3) is 0 Å². The van der Waals surface area contributed by atoms with Crippen LogP contribution in [0.4, 0.5) is 0 Å². The molecule has 0 aromatic heterocycles. The number of nitrogens with one attached hydrogen (secondary N) is 3. The molecule has 0 saturated carbocycles. The van der Waals surface area contributed by atoms with E-state index in [1.807, 2.05) is 0 Å². The Bertz CT molecular complexity index is 534. The average Bonchev–Trinajstić information content (AvgIpc) is 2.99. The molecule has 2 aliphatic rings. The Labute approximate surface area is 122 Å². The van der Waals surface area contributed by atoms with Gasteiger partial charge in [0.2, 0.25) is 5.91 Å². The minimum Gasteiger partial charge on any atom is -0.368 e. The highest BCUT2D eigenvalue weighted by molar-refractivity contribution is 6.45. The molecule has 8 nitrogen and oxygen atoms in total. The second-order valence-electron chi connectivity index (χ2n) is 5.07. The monoisotopic (exact) mass is 292 g/mol. The van der Waals surface area contributed by atoms with Gasteiger partial charge in [-0.25, -0.2) is 0 Å². The van der Waals surface area contributed by atoms with Crippen molar-refractivity contribution in [1.29, 1.82) is 5.41 Å². The van der Waals surface area contributed by atoms with E-state index < -0.39 is 23.7 Å². The number of carbonyl (C=O) groups excluding carboxylic acids is 2. The van der Waals surface area contributed by atoms with E-state index in [0.717, 1.165) is 13.0 Å². The van der Waals surface area contributed by atoms with Crippen molar-refractivity contribution in [2.45, 2.75) is 24.9 Å². The number of rotatable bonds is 4. The van der Waals surface area contributed by atoms with Crippen LogP contribution in [0.5, 0.6) is 0 Å². The van der Waals surface area contributed by atoms with Crippen molar-refractivity contribution < 1.29 is 14.8 Å². The molecule has 21 heavy (non-hydrogen) atoms. The van der Waals surface area contributed by atoms with Gasteiger partial charge in [-0.3, -0.25) is 30.7 Å². The van der Waals surface area contributed by atoms with Gasteiger partial charge >= 0.3 is 0 Å². The van der Waals surface area contributed by atoms with Crippen LogP contribution in [0.15, 0.2) is 16.6 Å². The van der Waals surface area contributed by atoms with Crippen molar-refractivity contribution in [1.82, 2.24) is 10.8 Å². The number of aliphatic imine (C=N–C) groups is 1. The van der Waals surface area contributed by atoms with Gasteiger partial charge in [-0.15, -0.1) is 0 Å². The molecule has 1 saturated heterocycles. The summed E-state index contributed by atoms with van der Waals surface area (Å²) in [5.41, 5.74) is 7.23. The summed E-state index contributed by atoms with van der Waals surface area (Å²) in [4.78, 5) is 28.0. The minimum atomic E-state index is -1.03. The standard InChI is InChI=1S/C13H18N5O3/c1-6-7(11(19)8-3-2-4-16-8)5-9(12(14)18-21)17-10(6)13(15)20/h5-6,8,10,16,21H,1-4H2,(H2,14,18)(H2,15,20)/t6?,8-,10?/m0/s1. The molecule has 1 fully saturated rings. The van der Waals surface area contributed by atoms with Crippen molar-refractivity contribution in [2.24, 2.45) is 16.6 Å². The average molecular weight is 292 g/mol. The fraction of sp³-hybridized carbons (Fsp3) is 0.462. The molecule has 0 spiro atoms. The van der Waals surface area contributed by atoms with E-state index in [4.69, 9.17) is 16.4 Å². The summed E-state index contributed by atoms with van der Waals surface area (Å²) in [5.74, 6) is -2.00. The first-order chi connectivity index (χ1) is 9.95. The summed E-state index contributed by atoms with van der Waals surface area (Å²) in [6.45, 7) is 4.58. The summed E-state index contributed by atoms with van der Waals surface area (Å²) in [6, 6.07) is -1.34. The van der Waals surface area contributed by atoms with Crippen molar-refractivity contribution in [3.05, 3.63) is 18.6 Å². The maximum absolute atomic E-state index is 12.5. The molecule has 113 valence electrons. The fourth-order valence-electron chi connectivity index (χ4n) is 2.52. The number of hydroxylamine groups is 1. The highest BCUT2D eigenvalue weighted by Gasteiger charge is 2.36. The topological polar surface area (TPSA) is 141 Å². The predicted molar refractivity (Wildman–Crippen MR) is 76.0 cm³/mol. The number of amides is 1. The summed E-state index contributed by atoms with van der Waals surface area (Å²) >= 11 is 0. The van der Waals surface area contributed by atoms with E-state index in [2.05, 4.69) is 17.2 Å². The van der Waals surface area contributed by atoms with Crippen LogP contribution in [0, 0.1) is 18.3 Å². The van der Waals surface area contributed by atoms with Gasteiger partial charge in [-0.2, -0.15) is 0 Å². The summed E-state index contributed by atoms with van der Waals surface area (Å²) in [6.07, 6.45) is 3.00. The van der Waals surface area contributed by atoms with Crippen LogP contribution in [-0.4, -0.2) is 47.1 Å². The first-order valence-electron chi connectivity index (χ1n) is 6.64. The zero-order valence-electron chi connectivity index (χ0n) is 11.4. The molecule has 0 bridgehead atoms. The number of dihydropyridines is 1. The van der Waals surface area contributed by atoms with Crippen LogP contribution < -0.4 is 16.5 Å². The number of nitrogens with zero attached hydrogens (tertiary/aromatic N) is 1. The Kier molecular flexibility index (Phi) is 4.49. The highest BCUT2D eigenvalue weighted by atomic mass is 16.5. The van der Waals surface area contributed by atoms with E-state index in [1.165, 1.54) is 6.08 Å². The zero-order valence-corrected chi connectivity index (χ0v) is 11.4. The van der Waals surface area contributed by atoms with E-state index in [-0.39, 0.29) is 17.5 Å². The number of ketones is 1. The lowest BCUT2D eigenvalue weighted by molar-refractivity contribution is -0.120. The van der Waals surface area contributed by atoms with Crippen molar-refractivity contribution in [2.75, 3.05) is 6.54 Å². The molecule has 0 aliphatic carbocycles.